The van der Waals surface area contributed by atoms with Crippen molar-refractivity contribution in [2.75, 3.05) is 5.32 Å². The molecule has 1 heterocycles. The number of amides is 1. The summed E-state index contributed by atoms with van der Waals surface area (Å²) in [6, 6.07) is 15.3. The van der Waals surface area contributed by atoms with Gasteiger partial charge in [-0.2, -0.15) is 0 Å². The van der Waals surface area contributed by atoms with E-state index in [4.69, 9.17) is 0 Å². The number of rotatable bonds is 4. The molecule has 6 nitrogen and oxygen atoms in total. The molecule has 4 rings (SSSR count). The monoisotopic (exact) mass is 361 g/mol. The number of carbonyl (C=O) groups excluding carboxylic acids is 1. The Morgan fingerprint density at radius 2 is 1.70 bits per heavy atom. The van der Waals surface area contributed by atoms with Crippen molar-refractivity contribution in [2.45, 2.75) is 12.8 Å². The van der Waals surface area contributed by atoms with E-state index in [0.717, 1.165) is 16.7 Å². The smallest absolute Gasteiger partial charge is 0.307 e. The number of hydrogen-bond donors (Lipinski definition) is 2. The van der Waals surface area contributed by atoms with Crippen LogP contribution in [0.3, 0.4) is 0 Å². The first-order valence-corrected chi connectivity index (χ1v) is 8.84. The molecule has 3 aromatic rings. The Labute approximate surface area is 156 Å². The maximum absolute atomic E-state index is 12.5. The highest BCUT2D eigenvalue weighted by molar-refractivity contribution is 5.95. The number of fused-ring (bicyclic) bond motifs is 1. The summed E-state index contributed by atoms with van der Waals surface area (Å²) in [4.78, 5) is 28.3. The average Bonchev–Trinajstić information content (AvgIpc) is 3.12. The van der Waals surface area contributed by atoms with Crippen molar-refractivity contribution in [3.63, 3.8) is 0 Å². The van der Waals surface area contributed by atoms with Gasteiger partial charge in [-0.05, 0) is 49.2 Å². The first kappa shape index (κ1) is 17.0. The predicted molar refractivity (Wildman–Crippen MR) is 103 cm³/mol. The maximum atomic E-state index is 12.5. The Morgan fingerprint density at radius 3 is 2.44 bits per heavy atom. The van der Waals surface area contributed by atoms with E-state index in [0.29, 0.717) is 18.5 Å². The minimum atomic E-state index is -0.929. The van der Waals surface area contributed by atoms with E-state index < -0.39 is 17.8 Å². The maximum Gasteiger partial charge on any atom is 0.307 e. The number of hydrogen-bond acceptors (Lipinski definition) is 3. The second kappa shape index (κ2) is 7.07. The lowest BCUT2D eigenvalue weighted by molar-refractivity contribution is -0.146. The van der Waals surface area contributed by atoms with Crippen LogP contribution >= 0.6 is 0 Å². The molecule has 0 bridgehead atoms. The number of carboxylic acid groups (broad SMARTS) is 1. The fourth-order valence-electron chi connectivity index (χ4n) is 3.48. The molecule has 0 spiro atoms. The van der Waals surface area contributed by atoms with Gasteiger partial charge in [-0.15, -0.1) is 0 Å². The van der Waals surface area contributed by atoms with Crippen molar-refractivity contribution >= 4 is 28.6 Å². The summed E-state index contributed by atoms with van der Waals surface area (Å²) < 4.78 is 1.98. The first-order chi connectivity index (χ1) is 13.1. The van der Waals surface area contributed by atoms with Crippen LogP contribution in [0.15, 0.2) is 67.0 Å². The third-order valence-electron chi connectivity index (χ3n) is 4.95. The van der Waals surface area contributed by atoms with E-state index in [1.807, 2.05) is 65.3 Å². The Balaban J connectivity index is 1.52. The van der Waals surface area contributed by atoms with E-state index in [1.165, 1.54) is 0 Å². The van der Waals surface area contributed by atoms with Crippen molar-refractivity contribution in [2.24, 2.45) is 11.8 Å². The molecule has 1 aliphatic carbocycles. The molecule has 0 radical (unpaired) electrons. The number of carboxylic acids is 1. The Kier molecular flexibility index (Phi) is 4.46. The van der Waals surface area contributed by atoms with Gasteiger partial charge in [0.15, 0.2) is 0 Å². The molecule has 1 aliphatic rings. The highest BCUT2D eigenvalue weighted by Crippen LogP contribution is 2.27. The molecule has 2 aromatic carbocycles. The van der Waals surface area contributed by atoms with Crippen molar-refractivity contribution in [3.8, 4) is 5.69 Å². The van der Waals surface area contributed by atoms with E-state index in [-0.39, 0.29) is 5.91 Å². The summed E-state index contributed by atoms with van der Waals surface area (Å²) in [5.41, 5.74) is 3.50. The number of aromatic nitrogens is 2. The fraction of sp³-hybridized carbons (Fsp3) is 0.190. The molecule has 27 heavy (non-hydrogen) atoms. The van der Waals surface area contributed by atoms with Gasteiger partial charge in [0.2, 0.25) is 5.91 Å². The standard InChI is InChI=1S/C21H19N3O3/c25-20(16-5-1-2-6-17(16)21(26)27)23-14-9-11-15(12-10-14)24-13-22-18-7-3-4-8-19(18)24/h1-4,7-13,16-17H,5-6H2,(H,23,25)(H,26,27)/t16-,17+/m1/s1. The summed E-state index contributed by atoms with van der Waals surface area (Å²) in [6.07, 6.45) is 6.30. The van der Waals surface area contributed by atoms with Gasteiger partial charge in [-0.3, -0.25) is 14.2 Å². The first-order valence-electron chi connectivity index (χ1n) is 8.84. The van der Waals surface area contributed by atoms with Crippen LogP contribution in [0.1, 0.15) is 12.8 Å². The lowest BCUT2D eigenvalue weighted by Gasteiger charge is -2.24. The zero-order valence-electron chi connectivity index (χ0n) is 14.6. The van der Waals surface area contributed by atoms with E-state index in [1.54, 1.807) is 6.33 Å². The average molecular weight is 361 g/mol. The largest absolute Gasteiger partial charge is 0.481 e. The molecular formula is C21H19N3O3. The minimum absolute atomic E-state index is 0.257. The van der Waals surface area contributed by atoms with Crippen LogP contribution in [0.4, 0.5) is 5.69 Å². The van der Waals surface area contributed by atoms with Crippen molar-refractivity contribution < 1.29 is 14.7 Å². The molecule has 6 heteroatoms. The lowest BCUT2D eigenvalue weighted by Crippen LogP contribution is -2.34. The molecule has 1 aromatic heterocycles. The summed E-state index contributed by atoms with van der Waals surface area (Å²) in [7, 11) is 0. The second-order valence-electron chi connectivity index (χ2n) is 6.63. The highest BCUT2D eigenvalue weighted by Gasteiger charge is 2.33. The van der Waals surface area contributed by atoms with Crippen LogP contribution in [0, 0.1) is 11.8 Å². The van der Waals surface area contributed by atoms with Crippen LogP contribution in [0.2, 0.25) is 0 Å². The third-order valence-corrected chi connectivity index (χ3v) is 4.95. The van der Waals surface area contributed by atoms with Crippen LogP contribution in [-0.4, -0.2) is 26.5 Å². The van der Waals surface area contributed by atoms with Crippen molar-refractivity contribution in [1.29, 1.82) is 0 Å². The number of carbonyl (C=O) groups is 2. The lowest BCUT2D eigenvalue weighted by atomic mass is 9.82. The molecule has 2 N–H and O–H groups in total. The van der Waals surface area contributed by atoms with Gasteiger partial charge in [-0.25, -0.2) is 4.98 Å². The van der Waals surface area contributed by atoms with Crippen LogP contribution in [0.5, 0.6) is 0 Å². The second-order valence-corrected chi connectivity index (χ2v) is 6.63. The van der Waals surface area contributed by atoms with Gasteiger partial charge in [0.25, 0.3) is 0 Å². The fourth-order valence-corrected chi connectivity index (χ4v) is 3.48. The van der Waals surface area contributed by atoms with E-state index in [9.17, 15) is 14.7 Å². The van der Waals surface area contributed by atoms with E-state index >= 15 is 0 Å². The summed E-state index contributed by atoms with van der Waals surface area (Å²) in [6.45, 7) is 0. The molecule has 136 valence electrons. The van der Waals surface area contributed by atoms with Gasteiger partial charge < -0.3 is 10.4 Å². The number of allylic oxidation sites excluding steroid dienone is 2. The molecular weight excluding hydrogens is 342 g/mol. The SMILES string of the molecule is O=C(O)[C@H]1CC=CC[C@H]1C(=O)Nc1ccc(-n2cnc3ccccc32)cc1. The van der Waals surface area contributed by atoms with Gasteiger partial charge >= 0.3 is 5.97 Å². The summed E-state index contributed by atoms with van der Waals surface area (Å²) >= 11 is 0. The number of imidazole rings is 1. The molecule has 0 saturated carbocycles. The van der Waals surface area contributed by atoms with Crippen LogP contribution in [0.25, 0.3) is 16.7 Å². The highest BCUT2D eigenvalue weighted by atomic mass is 16.4. The number of para-hydroxylation sites is 2. The van der Waals surface area contributed by atoms with E-state index in [2.05, 4.69) is 10.3 Å². The Bertz CT molecular complexity index is 1020. The van der Waals surface area contributed by atoms with Gasteiger partial charge in [0, 0.05) is 11.4 Å². The number of aliphatic carboxylic acids is 1. The molecule has 2 atom stereocenters. The zero-order chi connectivity index (χ0) is 18.8. The van der Waals surface area contributed by atoms with Crippen molar-refractivity contribution in [1.82, 2.24) is 9.55 Å². The number of anilines is 1. The molecule has 0 fully saturated rings. The quantitative estimate of drug-likeness (QED) is 0.695. The van der Waals surface area contributed by atoms with Gasteiger partial charge in [0.05, 0.1) is 22.9 Å². The topological polar surface area (TPSA) is 84.2 Å². The van der Waals surface area contributed by atoms with Crippen molar-refractivity contribution in [3.05, 3.63) is 67.0 Å². The number of benzene rings is 2. The summed E-state index contributed by atoms with van der Waals surface area (Å²) in [5.74, 6) is -2.41. The van der Waals surface area contributed by atoms with Crippen LogP contribution < -0.4 is 5.32 Å². The van der Waals surface area contributed by atoms with Gasteiger partial charge in [-0.1, -0.05) is 24.3 Å². The molecule has 1 amide bonds. The zero-order valence-corrected chi connectivity index (χ0v) is 14.6. The normalized spacial score (nSPS) is 19.1. The molecule has 0 unspecified atom stereocenters. The van der Waals surface area contributed by atoms with Crippen LogP contribution in [-0.2, 0) is 9.59 Å². The summed E-state index contributed by atoms with van der Waals surface area (Å²) in [5, 5.41) is 12.2. The number of nitrogens with one attached hydrogen (secondary N) is 1. The number of nitrogens with zero attached hydrogens (tertiary/aromatic N) is 2. The predicted octanol–water partition coefficient (Wildman–Crippen LogP) is 3.63. The van der Waals surface area contributed by atoms with Gasteiger partial charge in [0.1, 0.15) is 6.33 Å². The molecule has 0 saturated heterocycles. The Hall–Kier alpha value is -3.41. The third kappa shape index (κ3) is 3.33. The minimum Gasteiger partial charge on any atom is -0.481 e. The Morgan fingerprint density at radius 1 is 1.00 bits per heavy atom. The molecule has 0 aliphatic heterocycles.